The molecule has 0 amide bonds. The molecule has 10 aromatic carbocycles. The van der Waals surface area contributed by atoms with Crippen molar-refractivity contribution in [2.24, 2.45) is 0 Å². The molecule has 0 spiro atoms. The molecule has 10 aromatic rings. The zero-order chi connectivity index (χ0) is 35.1. The van der Waals surface area contributed by atoms with E-state index < -0.39 is 0 Å². The van der Waals surface area contributed by atoms with E-state index in [-0.39, 0.29) is 5.92 Å². The van der Waals surface area contributed by atoms with Gasteiger partial charge >= 0.3 is 0 Å². The summed E-state index contributed by atoms with van der Waals surface area (Å²) in [5.41, 5.74) is 11.3. The number of fused-ring (bicyclic) bond motifs is 4. The van der Waals surface area contributed by atoms with Crippen LogP contribution in [0.25, 0.3) is 76.5 Å². The van der Waals surface area contributed by atoms with Crippen molar-refractivity contribution in [2.75, 3.05) is 0 Å². The summed E-state index contributed by atoms with van der Waals surface area (Å²) < 4.78 is 0. The predicted octanol–water partition coefficient (Wildman–Crippen LogP) is 14.5. The summed E-state index contributed by atoms with van der Waals surface area (Å²) in [5.74, 6) is 0.0326. The Bertz CT molecular complexity index is 2770. The summed E-state index contributed by atoms with van der Waals surface area (Å²) in [4.78, 5) is 0. The molecule has 0 heterocycles. The molecule has 0 unspecified atom stereocenters. The van der Waals surface area contributed by atoms with E-state index in [1.54, 1.807) is 0 Å². The summed E-state index contributed by atoms with van der Waals surface area (Å²) in [6.07, 6.45) is 0. The Hall–Kier alpha value is -6.76. The highest BCUT2D eigenvalue weighted by atomic mass is 14.2. The monoisotopic (exact) mass is 672 g/mol. The Labute approximate surface area is 310 Å². The lowest BCUT2D eigenvalue weighted by atomic mass is 9.80. The molecular formula is C53H36. The van der Waals surface area contributed by atoms with Crippen molar-refractivity contribution in [1.29, 1.82) is 0 Å². The second-order valence-corrected chi connectivity index (χ2v) is 14.1. The molecule has 0 saturated carbocycles. The second-order valence-electron chi connectivity index (χ2n) is 14.1. The Balaban J connectivity index is 1.12. The van der Waals surface area contributed by atoms with Gasteiger partial charge in [-0.05, 0) is 117 Å². The average molecular weight is 673 g/mol. The van der Waals surface area contributed by atoms with Crippen molar-refractivity contribution < 1.29 is 0 Å². The van der Waals surface area contributed by atoms with Crippen LogP contribution in [-0.4, -0.2) is 0 Å². The third-order valence-corrected chi connectivity index (χ3v) is 11.0. The zero-order valence-electron chi connectivity index (χ0n) is 29.3. The molecule has 0 aliphatic rings. The van der Waals surface area contributed by atoms with Gasteiger partial charge in [0.1, 0.15) is 0 Å². The first-order chi connectivity index (χ1) is 26.2. The van der Waals surface area contributed by atoms with Gasteiger partial charge in [-0.15, -0.1) is 0 Å². The van der Waals surface area contributed by atoms with E-state index in [0.717, 1.165) is 0 Å². The molecule has 0 aliphatic carbocycles. The third-order valence-electron chi connectivity index (χ3n) is 11.0. The predicted molar refractivity (Wildman–Crippen MR) is 227 cm³/mol. The fraction of sp³-hybridized carbons (Fsp3) is 0.0189. The molecule has 0 atom stereocenters. The number of rotatable bonds is 6. The quantitative estimate of drug-likeness (QED) is 0.154. The Morgan fingerprint density at radius 2 is 0.604 bits per heavy atom. The minimum absolute atomic E-state index is 0.0326. The molecule has 0 heteroatoms. The van der Waals surface area contributed by atoms with E-state index in [2.05, 4.69) is 212 Å². The Morgan fingerprint density at radius 3 is 1.11 bits per heavy atom. The molecule has 0 radical (unpaired) electrons. The van der Waals surface area contributed by atoms with E-state index >= 15 is 0 Å². The highest BCUT2D eigenvalue weighted by Gasteiger charge is 2.22. The van der Waals surface area contributed by atoms with Gasteiger partial charge in [-0.3, -0.25) is 0 Å². The third kappa shape index (κ3) is 5.75. The van der Waals surface area contributed by atoms with Gasteiger partial charge in [0.2, 0.25) is 0 Å². The maximum Gasteiger partial charge on any atom is 0.0352 e. The van der Waals surface area contributed by atoms with Crippen LogP contribution >= 0.6 is 0 Å². The fourth-order valence-electron chi connectivity index (χ4n) is 8.24. The van der Waals surface area contributed by atoms with Crippen LogP contribution in [0.15, 0.2) is 212 Å². The first-order valence-electron chi connectivity index (χ1n) is 18.4. The van der Waals surface area contributed by atoms with Crippen LogP contribution in [0, 0.1) is 0 Å². The minimum Gasteiger partial charge on any atom is -0.0622 e. The zero-order valence-corrected chi connectivity index (χ0v) is 29.3. The van der Waals surface area contributed by atoms with Crippen LogP contribution < -0.4 is 0 Å². The van der Waals surface area contributed by atoms with Gasteiger partial charge in [0.05, 0.1) is 0 Å². The van der Waals surface area contributed by atoms with Crippen molar-refractivity contribution in [1.82, 2.24) is 0 Å². The second kappa shape index (κ2) is 13.1. The maximum absolute atomic E-state index is 2.36. The van der Waals surface area contributed by atoms with E-state index in [9.17, 15) is 0 Å². The van der Waals surface area contributed by atoms with Gasteiger partial charge in [-0.1, -0.05) is 188 Å². The van der Waals surface area contributed by atoms with Crippen LogP contribution in [0.4, 0.5) is 0 Å². The SMILES string of the molecule is c1ccc(-c2ccc(C(c3cccc4cc(-c5ccc6ccccc6c5)ccc34)c3cccc4cc(-c5ccc6ccccc6c5)ccc34)cc2)cc1. The molecule has 0 bridgehead atoms. The van der Waals surface area contributed by atoms with Crippen molar-refractivity contribution in [3.8, 4) is 33.4 Å². The van der Waals surface area contributed by atoms with Gasteiger partial charge in [0.15, 0.2) is 0 Å². The summed E-state index contributed by atoms with van der Waals surface area (Å²) in [5, 5.41) is 10.1. The standard InChI is InChI=1S/C53H36/c1-2-10-36(11-3-1)39-20-24-40(25-21-39)53(51-18-8-16-47-34-45(28-30-49(47)51)43-26-22-37-12-4-6-14-41(37)32-43)52-19-9-17-48-35-46(29-31-50(48)52)44-27-23-38-13-5-7-15-42(38)33-44/h1-35,53H. The van der Waals surface area contributed by atoms with Gasteiger partial charge in [0.25, 0.3) is 0 Å². The van der Waals surface area contributed by atoms with Crippen LogP contribution in [0.3, 0.4) is 0 Å². The lowest BCUT2D eigenvalue weighted by molar-refractivity contribution is 1.00. The Morgan fingerprint density at radius 1 is 0.226 bits per heavy atom. The van der Waals surface area contributed by atoms with Crippen LogP contribution in [0.2, 0.25) is 0 Å². The topological polar surface area (TPSA) is 0 Å². The smallest absolute Gasteiger partial charge is 0.0352 e. The molecule has 0 aromatic heterocycles. The van der Waals surface area contributed by atoms with E-state index in [1.807, 2.05) is 0 Å². The van der Waals surface area contributed by atoms with Crippen LogP contribution in [0.5, 0.6) is 0 Å². The highest BCUT2D eigenvalue weighted by Crippen LogP contribution is 2.41. The largest absolute Gasteiger partial charge is 0.0622 e. The number of benzene rings is 10. The van der Waals surface area contributed by atoms with Gasteiger partial charge in [0, 0.05) is 5.92 Å². The summed E-state index contributed by atoms with van der Waals surface area (Å²) in [6.45, 7) is 0. The van der Waals surface area contributed by atoms with Crippen molar-refractivity contribution >= 4 is 43.1 Å². The molecular weight excluding hydrogens is 637 g/mol. The average Bonchev–Trinajstić information content (AvgIpc) is 3.23. The lowest BCUT2D eigenvalue weighted by Gasteiger charge is -2.23. The normalized spacial score (nSPS) is 11.6. The summed E-state index contributed by atoms with van der Waals surface area (Å²) in [7, 11) is 0. The van der Waals surface area contributed by atoms with E-state index in [1.165, 1.54) is 93.2 Å². The fourth-order valence-corrected chi connectivity index (χ4v) is 8.24. The first-order valence-corrected chi connectivity index (χ1v) is 18.4. The lowest BCUT2D eigenvalue weighted by Crippen LogP contribution is -2.05. The molecule has 248 valence electrons. The van der Waals surface area contributed by atoms with Crippen LogP contribution in [0.1, 0.15) is 22.6 Å². The molecule has 10 rings (SSSR count). The van der Waals surface area contributed by atoms with Crippen molar-refractivity contribution in [3.05, 3.63) is 229 Å². The summed E-state index contributed by atoms with van der Waals surface area (Å²) in [6, 6.07) is 78.2. The summed E-state index contributed by atoms with van der Waals surface area (Å²) >= 11 is 0. The van der Waals surface area contributed by atoms with E-state index in [4.69, 9.17) is 0 Å². The van der Waals surface area contributed by atoms with Gasteiger partial charge in [-0.2, -0.15) is 0 Å². The van der Waals surface area contributed by atoms with Crippen molar-refractivity contribution in [3.63, 3.8) is 0 Å². The van der Waals surface area contributed by atoms with Gasteiger partial charge in [-0.25, -0.2) is 0 Å². The van der Waals surface area contributed by atoms with E-state index in [0.29, 0.717) is 0 Å². The van der Waals surface area contributed by atoms with Crippen LogP contribution in [-0.2, 0) is 0 Å². The molecule has 0 aliphatic heterocycles. The molecule has 0 N–H and O–H groups in total. The first kappa shape index (κ1) is 31.0. The number of hydrogen-bond acceptors (Lipinski definition) is 0. The minimum atomic E-state index is 0.0326. The molecule has 0 fully saturated rings. The number of hydrogen-bond donors (Lipinski definition) is 0. The maximum atomic E-state index is 2.36. The Kier molecular flexibility index (Phi) is 7.66. The highest BCUT2D eigenvalue weighted by molar-refractivity contribution is 5.96. The van der Waals surface area contributed by atoms with Crippen molar-refractivity contribution in [2.45, 2.75) is 5.92 Å². The molecule has 53 heavy (non-hydrogen) atoms. The molecule has 0 saturated heterocycles. The molecule has 0 nitrogen and oxygen atoms in total. The van der Waals surface area contributed by atoms with Gasteiger partial charge < -0.3 is 0 Å².